The fourth-order valence-electron chi connectivity index (χ4n) is 1.91. The van der Waals surface area contributed by atoms with E-state index in [-0.39, 0.29) is 11.6 Å². The Hall–Kier alpha value is -1.94. The second kappa shape index (κ2) is 7.18. The molecule has 0 saturated heterocycles. The van der Waals surface area contributed by atoms with Gasteiger partial charge in [0, 0.05) is 12.2 Å². The molecule has 0 heterocycles. The molecule has 0 unspecified atom stereocenters. The van der Waals surface area contributed by atoms with E-state index in [1.165, 1.54) is 13.2 Å². The number of nitrogens with one attached hydrogen (secondary N) is 1. The van der Waals surface area contributed by atoms with E-state index in [4.69, 9.17) is 21.1 Å². The summed E-state index contributed by atoms with van der Waals surface area (Å²) >= 11 is 6.11. The Morgan fingerprint density at radius 3 is 2.52 bits per heavy atom. The molecule has 0 bridgehead atoms. The molecule has 21 heavy (non-hydrogen) atoms. The third-order valence-electron chi connectivity index (χ3n) is 2.94. The normalized spacial score (nSPS) is 10.3. The minimum absolute atomic E-state index is 0.239. The van der Waals surface area contributed by atoms with Crippen LogP contribution in [0.1, 0.15) is 12.5 Å². The minimum Gasteiger partial charge on any atom is -0.494 e. The average molecular weight is 310 g/mol. The lowest BCUT2D eigenvalue weighted by molar-refractivity contribution is 0.340. The fraction of sp³-hybridized carbons (Fsp3) is 0.250. The van der Waals surface area contributed by atoms with Gasteiger partial charge >= 0.3 is 0 Å². The summed E-state index contributed by atoms with van der Waals surface area (Å²) in [4.78, 5) is 0. The summed E-state index contributed by atoms with van der Waals surface area (Å²) in [7, 11) is 1.44. The third kappa shape index (κ3) is 4.02. The number of rotatable bonds is 6. The number of benzene rings is 2. The summed E-state index contributed by atoms with van der Waals surface area (Å²) in [5.74, 6) is 0.518. The Bertz CT molecular complexity index is 619. The monoisotopic (exact) mass is 309 g/mol. The molecule has 2 aromatic rings. The topological polar surface area (TPSA) is 30.5 Å². The molecule has 3 nitrogen and oxygen atoms in total. The van der Waals surface area contributed by atoms with Crippen LogP contribution in [0.25, 0.3) is 0 Å². The highest BCUT2D eigenvalue weighted by molar-refractivity contribution is 6.32. The lowest BCUT2D eigenvalue weighted by atomic mass is 10.2. The molecule has 0 amide bonds. The van der Waals surface area contributed by atoms with Crippen LogP contribution in [0.4, 0.5) is 10.1 Å². The van der Waals surface area contributed by atoms with E-state index in [0.717, 1.165) is 11.3 Å². The van der Waals surface area contributed by atoms with Crippen molar-refractivity contribution in [1.82, 2.24) is 0 Å². The van der Waals surface area contributed by atoms with Crippen molar-refractivity contribution in [2.24, 2.45) is 0 Å². The summed E-state index contributed by atoms with van der Waals surface area (Å²) in [6.07, 6.45) is 0. The molecule has 0 aliphatic heterocycles. The van der Waals surface area contributed by atoms with Crippen LogP contribution in [0.3, 0.4) is 0 Å². The molecule has 0 aromatic heterocycles. The molecular weight excluding hydrogens is 293 g/mol. The van der Waals surface area contributed by atoms with Gasteiger partial charge in [0.25, 0.3) is 0 Å². The highest BCUT2D eigenvalue weighted by atomic mass is 35.5. The molecule has 2 rings (SSSR count). The maximum Gasteiger partial charge on any atom is 0.165 e. The van der Waals surface area contributed by atoms with E-state index >= 15 is 0 Å². The number of ether oxygens (including phenoxy) is 2. The Balaban J connectivity index is 2.02. The van der Waals surface area contributed by atoms with Gasteiger partial charge in [0.15, 0.2) is 11.6 Å². The minimum atomic E-state index is -0.374. The first kappa shape index (κ1) is 15.4. The third-order valence-corrected chi connectivity index (χ3v) is 3.24. The summed E-state index contributed by atoms with van der Waals surface area (Å²) in [6.45, 7) is 2.96. The molecule has 0 radical (unpaired) electrons. The molecule has 0 atom stereocenters. The lowest BCUT2D eigenvalue weighted by Crippen LogP contribution is -2.01. The summed E-state index contributed by atoms with van der Waals surface area (Å²) < 4.78 is 23.8. The molecule has 0 fully saturated rings. The van der Waals surface area contributed by atoms with Crippen molar-refractivity contribution in [3.63, 3.8) is 0 Å². The summed E-state index contributed by atoms with van der Waals surface area (Å²) in [6, 6.07) is 10.3. The standard InChI is InChI=1S/C16H17ClFNO2/c1-3-21-15-7-5-12(9-13(15)17)19-10-11-4-6-16(20-2)14(18)8-11/h4-9,19H,3,10H2,1-2H3. The molecule has 0 spiro atoms. The van der Waals surface area contributed by atoms with Gasteiger partial charge in [-0.3, -0.25) is 0 Å². The maximum absolute atomic E-state index is 13.6. The van der Waals surface area contributed by atoms with E-state index in [1.807, 2.05) is 25.1 Å². The summed E-state index contributed by atoms with van der Waals surface area (Å²) in [5.41, 5.74) is 1.66. The van der Waals surface area contributed by atoms with Gasteiger partial charge in [0.05, 0.1) is 18.7 Å². The first-order chi connectivity index (χ1) is 10.1. The SMILES string of the molecule is CCOc1ccc(NCc2ccc(OC)c(F)c2)cc1Cl. The van der Waals surface area contributed by atoms with Crippen LogP contribution in [0.15, 0.2) is 36.4 Å². The number of hydrogen-bond acceptors (Lipinski definition) is 3. The van der Waals surface area contributed by atoms with Gasteiger partial charge in [-0.2, -0.15) is 0 Å². The highest BCUT2D eigenvalue weighted by Crippen LogP contribution is 2.28. The number of hydrogen-bond donors (Lipinski definition) is 1. The van der Waals surface area contributed by atoms with Crippen molar-refractivity contribution >= 4 is 17.3 Å². The first-order valence-electron chi connectivity index (χ1n) is 6.62. The van der Waals surface area contributed by atoms with Gasteiger partial charge in [-0.25, -0.2) is 4.39 Å². The fourth-order valence-corrected chi connectivity index (χ4v) is 2.14. The quantitative estimate of drug-likeness (QED) is 0.852. The zero-order valence-electron chi connectivity index (χ0n) is 12.0. The van der Waals surface area contributed by atoms with Crippen LogP contribution >= 0.6 is 11.6 Å². The van der Waals surface area contributed by atoms with E-state index in [9.17, 15) is 4.39 Å². The van der Waals surface area contributed by atoms with Crippen molar-refractivity contribution in [3.8, 4) is 11.5 Å². The van der Waals surface area contributed by atoms with E-state index in [2.05, 4.69) is 5.32 Å². The van der Waals surface area contributed by atoms with E-state index in [1.54, 1.807) is 12.1 Å². The zero-order valence-corrected chi connectivity index (χ0v) is 12.7. The van der Waals surface area contributed by atoms with Crippen molar-refractivity contribution in [2.75, 3.05) is 19.0 Å². The molecule has 5 heteroatoms. The van der Waals surface area contributed by atoms with Gasteiger partial charge in [0.1, 0.15) is 5.75 Å². The highest BCUT2D eigenvalue weighted by Gasteiger charge is 2.05. The van der Waals surface area contributed by atoms with Crippen LogP contribution in [-0.2, 0) is 6.54 Å². The van der Waals surface area contributed by atoms with Gasteiger partial charge in [-0.1, -0.05) is 17.7 Å². The number of anilines is 1. The van der Waals surface area contributed by atoms with E-state index in [0.29, 0.717) is 23.9 Å². The second-order valence-corrected chi connectivity index (χ2v) is 4.81. The number of halogens is 2. The van der Waals surface area contributed by atoms with E-state index < -0.39 is 0 Å². The molecule has 2 aromatic carbocycles. The maximum atomic E-state index is 13.6. The Kier molecular flexibility index (Phi) is 5.28. The van der Waals surface area contributed by atoms with Crippen LogP contribution in [0.2, 0.25) is 5.02 Å². The Morgan fingerprint density at radius 1 is 1.14 bits per heavy atom. The van der Waals surface area contributed by atoms with Gasteiger partial charge in [-0.15, -0.1) is 0 Å². The van der Waals surface area contributed by atoms with Gasteiger partial charge < -0.3 is 14.8 Å². The van der Waals surface area contributed by atoms with Crippen molar-refractivity contribution in [1.29, 1.82) is 0 Å². The Labute approximate surface area is 128 Å². The zero-order chi connectivity index (χ0) is 15.2. The largest absolute Gasteiger partial charge is 0.494 e. The molecule has 112 valence electrons. The van der Waals surface area contributed by atoms with Crippen LogP contribution in [-0.4, -0.2) is 13.7 Å². The van der Waals surface area contributed by atoms with Crippen molar-refractivity contribution in [3.05, 3.63) is 52.8 Å². The molecule has 1 N–H and O–H groups in total. The van der Waals surface area contributed by atoms with Crippen molar-refractivity contribution < 1.29 is 13.9 Å². The van der Waals surface area contributed by atoms with Gasteiger partial charge in [-0.05, 0) is 42.8 Å². The molecular formula is C16H17ClFNO2. The predicted octanol–water partition coefficient (Wildman–Crippen LogP) is 4.50. The average Bonchev–Trinajstić information content (AvgIpc) is 2.48. The van der Waals surface area contributed by atoms with Crippen LogP contribution < -0.4 is 14.8 Å². The van der Waals surface area contributed by atoms with Crippen LogP contribution in [0, 0.1) is 5.82 Å². The molecule has 0 aliphatic carbocycles. The number of methoxy groups -OCH3 is 1. The Morgan fingerprint density at radius 2 is 1.90 bits per heavy atom. The predicted molar refractivity (Wildman–Crippen MR) is 82.9 cm³/mol. The summed E-state index contributed by atoms with van der Waals surface area (Å²) in [5, 5.41) is 3.73. The van der Waals surface area contributed by atoms with Gasteiger partial charge in [0.2, 0.25) is 0 Å². The van der Waals surface area contributed by atoms with Crippen LogP contribution in [0.5, 0.6) is 11.5 Å². The first-order valence-corrected chi connectivity index (χ1v) is 7.00. The smallest absolute Gasteiger partial charge is 0.165 e. The lowest BCUT2D eigenvalue weighted by Gasteiger charge is -2.10. The molecule has 0 aliphatic rings. The molecule has 0 saturated carbocycles. The van der Waals surface area contributed by atoms with Crippen molar-refractivity contribution in [2.45, 2.75) is 13.5 Å². The second-order valence-electron chi connectivity index (χ2n) is 4.40.